The summed E-state index contributed by atoms with van der Waals surface area (Å²) in [7, 11) is 0. The smallest absolute Gasteiger partial charge is 0.409 e. The fourth-order valence-corrected chi connectivity index (χ4v) is 2.05. The summed E-state index contributed by atoms with van der Waals surface area (Å²) in [6.45, 7) is 6.40. The highest BCUT2D eigenvalue weighted by Crippen LogP contribution is 2.08. The van der Waals surface area contributed by atoms with E-state index in [0.717, 1.165) is 32.7 Å². The predicted octanol–water partition coefficient (Wildman–Crippen LogP) is 1.36. The van der Waals surface area contributed by atoms with E-state index in [-0.39, 0.29) is 6.09 Å². The summed E-state index contributed by atoms with van der Waals surface area (Å²) in [4.78, 5) is 19.7. The zero-order chi connectivity index (χ0) is 12.8. The number of rotatable bonds is 3. The number of hydrogen-bond donors (Lipinski definition) is 0. The number of pyridine rings is 1. The number of hydrogen-bond acceptors (Lipinski definition) is 4. The molecule has 1 fully saturated rings. The second-order valence-electron chi connectivity index (χ2n) is 4.32. The third-order valence-corrected chi connectivity index (χ3v) is 3.03. The highest BCUT2D eigenvalue weighted by atomic mass is 16.6. The van der Waals surface area contributed by atoms with Crippen LogP contribution >= 0.6 is 0 Å². The van der Waals surface area contributed by atoms with Crippen LogP contribution < -0.4 is 0 Å². The van der Waals surface area contributed by atoms with E-state index in [1.165, 1.54) is 5.56 Å². The molecule has 5 nitrogen and oxygen atoms in total. The standard InChI is InChI=1S/C13H19N3O2/c1-2-18-13(17)16-8-6-15(7-9-16)11-12-4-3-5-14-10-12/h3-5,10H,2,6-9,11H2,1H3. The van der Waals surface area contributed by atoms with Crippen LogP contribution in [0.4, 0.5) is 4.79 Å². The summed E-state index contributed by atoms with van der Waals surface area (Å²) in [5, 5.41) is 0. The van der Waals surface area contributed by atoms with E-state index in [9.17, 15) is 4.79 Å². The van der Waals surface area contributed by atoms with Gasteiger partial charge in [0.15, 0.2) is 0 Å². The van der Waals surface area contributed by atoms with E-state index < -0.39 is 0 Å². The van der Waals surface area contributed by atoms with Gasteiger partial charge in [-0.25, -0.2) is 4.79 Å². The van der Waals surface area contributed by atoms with Crippen LogP contribution in [0.2, 0.25) is 0 Å². The van der Waals surface area contributed by atoms with E-state index in [1.807, 2.05) is 19.2 Å². The molecule has 0 N–H and O–H groups in total. The Balaban J connectivity index is 1.78. The molecule has 1 aromatic heterocycles. The van der Waals surface area contributed by atoms with Crippen LogP contribution in [-0.2, 0) is 11.3 Å². The van der Waals surface area contributed by atoms with Gasteiger partial charge in [-0.2, -0.15) is 0 Å². The van der Waals surface area contributed by atoms with E-state index in [2.05, 4.69) is 16.0 Å². The highest BCUT2D eigenvalue weighted by Gasteiger charge is 2.21. The minimum atomic E-state index is -0.196. The van der Waals surface area contributed by atoms with E-state index in [4.69, 9.17) is 4.74 Å². The van der Waals surface area contributed by atoms with Gasteiger partial charge in [-0.1, -0.05) is 6.07 Å². The lowest BCUT2D eigenvalue weighted by atomic mass is 10.2. The summed E-state index contributed by atoms with van der Waals surface area (Å²) in [6, 6.07) is 4.02. The molecule has 1 aliphatic rings. The molecule has 0 atom stereocenters. The van der Waals surface area contributed by atoms with Gasteiger partial charge in [-0.15, -0.1) is 0 Å². The van der Waals surface area contributed by atoms with Crippen LogP contribution in [0.3, 0.4) is 0 Å². The molecule has 18 heavy (non-hydrogen) atoms. The SMILES string of the molecule is CCOC(=O)N1CCN(Cc2cccnc2)CC1. The number of amides is 1. The Hall–Kier alpha value is -1.62. The normalized spacial score (nSPS) is 16.6. The van der Waals surface area contributed by atoms with Gasteiger partial charge in [0.25, 0.3) is 0 Å². The van der Waals surface area contributed by atoms with Gasteiger partial charge in [0.1, 0.15) is 0 Å². The van der Waals surface area contributed by atoms with Crippen molar-refractivity contribution in [2.45, 2.75) is 13.5 Å². The first-order chi connectivity index (χ1) is 8.79. The number of nitrogens with zero attached hydrogens (tertiary/aromatic N) is 3. The minimum absolute atomic E-state index is 0.196. The van der Waals surface area contributed by atoms with E-state index in [1.54, 1.807) is 11.1 Å². The van der Waals surface area contributed by atoms with Crippen molar-refractivity contribution in [2.24, 2.45) is 0 Å². The van der Waals surface area contributed by atoms with Crippen LogP contribution in [0.25, 0.3) is 0 Å². The lowest BCUT2D eigenvalue weighted by Gasteiger charge is -2.33. The van der Waals surface area contributed by atoms with Gasteiger partial charge in [-0.3, -0.25) is 9.88 Å². The molecule has 0 radical (unpaired) electrons. The first kappa shape index (κ1) is 12.8. The van der Waals surface area contributed by atoms with Crippen LogP contribution in [0.15, 0.2) is 24.5 Å². The average Bonchev–Trinajstić information content (AvgIpc) is 2.41. The number of aromatic nitrogens is 1. The molecule has 0 bridgehead atoms. The molecule has 0 saturated carbocycles. The highest BCUT2D eigenvalue weighted by molar-refractivity contribution is 5.67. The summed E-state index contributed by atoms with van der Waals surface area (Å²) in [6.07, 6.45) is 3.47. The third kappa shape index (κ3) is 3.43. The van der Waals surface area contributed by atoms with Gasteiger partial charge in [0.05, 0.1) is 6.61 Å². The maximum absolute atomic E-state index is 11.5. The Labute approximate surface area is 107 Å². The molecule has 98 valence electrons. The van der Waals surface area contributed by atoms with Crippen molar-refractivity contribution >= 4 is 6.09 Å². The molecule has 1 amide bonds. The summed E-state index contributed by atoms with van der Waals surface area (Å²) >= 11 is 0. The Bertz CT molecular complexity index is 375. The van der Waals surface area contributed by atoms with Gasteiger partial charge in [-0.05, 0) is 18.6 Å². The third-order valence-electron chi connectivity index (χ3n) is 3.03. The number of carbonyl (C=O) groups excluding carboxylic acids is 1. The predicted molar refractivity (Wildman–Crippen MR) is 68.1 cm³/mol. The molecule has 2 rings (SSSR count). The van der Waals surface area contributed by atoms with Crippen molar-refractivity contribution in [3.63, 3.8) is 0 Å². The molecule has 0 unspecified atom stereocenters. The summed E-state index contributed by atoms with van der Waals surface area (Å²) < 4.78 is 4.99. The van der Waals surface area contributed by atoms with Gasteiger partial charge in [0.2, 0.25) is 0 Å². The lowest BCUT2D eigenvalue weighted by Crippen LogP contribution is -2.48. The van der Waals surface area contributed by atoms with Crippen molar-refractivity contribution in [3.05, 3.63) is 30.1 Å². The van der Waals surface area contributed by atoms with E-state index >= 15 is 0 Å². The average molecular weight is 249 g/mol. The molecule has 0 aromatic carbocycles. The molecule has 0 spiro atoms. The zero-order valence-electron chi connectivity index (χ0n) is 10.7. The molecule has 0 aliphatic carbocycles. The largest absolute Gasteiger partial charge is 0.450 e. The van der Waals surface area contributed by atoms with Crippen molar-refractivity contribution in [2.75, 3.05) is 32.8 Å². The fraction of sp³-hybridized carbons (Fsp3) is 0.538. The fourth-order valence-electron chi connectivity index (χ4n) is 2.05. The molecule has 2 heterocycles. The maximum atomic E-state index is 11.5. The number of carbonyl (C=O) groups is 1. The molecular weight excluding hydrogens is 230 g/mol. The Kier molecular flexibility index (Phi) is 4.52. The van der Waals surface area contributed by atoms with Gasteiger partial charge in [0, 0.05) is 45.1 Å². The minimum Gasteiger partial charge on any atom is -0.450 e. The first-order valence-corrected chi connectivity index (χ1v) is 6.32. The van der Waals surface area contributed by atoms with Gasteiger partial charge < -0.3 is 9.64 Å². The quantitative estimate of drug-likeness (QED) is 0.811. The number of ether oxygens (including phenoxy) is 1. The number of piperazine rings is 1. The second-order valence-corrected chi connectivity index (χ2v) is 4.32. The topological polar surface area (TPSA) is 45.7 Å². The molecule has 1 aromatic rings. The molecule has 1 aliphatic heterocycles. The summed E-state index contributed by atoms with van der Waals surface area (Å²) in [5.74, 6) is 0. The van der Waals surface area contributed by atoms with Crippen LogP contribution in [0.5, 0.6) is 0 Å². The van der Waals surface area contributed by atoms with Crippen LogP contribution in [-0.4, -0.2) is 53.7 Å². The Morgan fingerprint density at radius 1 is 1.39 bits per heavy atom. The molecule has 1 saturated heterocycles. The van der Waals surface area contributed by atoms with Crippen LogP contribution in [0.1, 0.15) is 12.5 Å². The molecule has 5 heteroatoms. The van der Waals surface area contributed by atoms with Crippen molar-refractivity contribution < 1.29 is 9.53 Å². The molecular formula is C13H19N3O2. The van der Waals surface area contributed by atoms with Crippen molar-refractivity contribution in [3.8, 4) is 0 Å². The summed E-state index contributed by atoms with van der Waals surface area (Å²) in [5.41, 5.74) is 1.21. The Morgan fingerprint density at radius 2 is 2.17 bits per heavy atom. The van der Waals surface area contributed by atoms with Crippen molar-refractivity contribution in [1.82, 2.24) is 14.8 Å². The second kappa shape index (κ2) is 6.35. The van der Waals surface area contributed by atoms with Crippen molar-refractivity contribution in [1.29, 1.82) is 0 Å². The maximum Gasteiger partial charge on any atom is 0.409 e. The van der Waals surface area contributed by atoms with E-state index in [0.29, 0.717) is 6.61 Å². The first-order valence-electron chi connectivity index (χ1n) is 6.32. The monoisotopic (exact) mass is 249 g/mol. The van der Waals surface area contributed by atoms with Crippen LogP contribution in [0, 0.1) is 0 Å². The van der Waals surface area contributed by atoms with Gasteiger partial charge >= 0.3 is 6.09 Å². The zero-order valence-corrected chi connectivity index (χ0v) is 10.7. The lowest BCUT2D eigenvalue weighted by molar-refractivity contribution is 0.0778. The Morgan fingerprint density at radius 3 is 2.78 bits per heavy atom.